The normalized spacial score (nSPS) is 9.47. The van der Waals surface area contributed by atoms with Crippen molar-refractivity contribution in [3.05, 3.63) is 0 Å². The summed E-state index contributed by atoms with van der Waals surface area (Å²) in [5, 5.41) is 7.39. The minimum atomic E-state index is -0.433. The van der Waals surface area contributed by atoms with Crippen LogP contribution in [-0.2, 0) is 0 Å². The number of rotatable bonds is 6. The summed E-state index contributed by atoms with van der Waals surface area (Å²) in [5.74, 6) is 0. The first kappa shape index (κ1) is 13.7. The van der Waals surface area contributed by atoms with Crippen LogP contribution in [0.1, 0.15) is 39.5 Å². The highest BCUT2D eigenvalue weighted by atomic mass is 16.2. The summed E-state index contributed by atoms with van der Waals surface area (Å²) in [4.78, 5) is 22.2. The lowest BCUT2D eigenvalue weighted by Gasteiger charge is -2.07. The molecule has 3 N–H and O–H groups in total. The average molecular weight is 215 g/mol. The Kier molecular flexibility index (Phi) is 8.52. The Labute approximate surface area is 91.0 Å². The highest BCUT2D eigenvalue weighted by Crippen LogP contribution is 1.83. The first-order valence-corrected chi connectivity index (χ1v) is 5.53. The fourth-order valence-electron chi connectivity index (χ4n) is 0.949. The van der Waals surface area contributed by atoms with Gasteiger partial charge in [-0.05, 0) is 12.8 Å². The lowest BCUT2D eigenvalue weighted by atomic mass is 10.3. The van der Waals surface area contributed by atoms with E-state index in [1.165, 1.54) is 0 Å². The SMILES string of the molecule is CCCCNC(=O)NC(=O)NCCCC. The molecule has 0 rings (SSSR count). The van der Waals surface area contributed by atoms with Crippen LogP contribution in [-0.4, -0.2) is 25.2 Å². The fourth-order valence-corrected chi connectivity index (χ4v) is 0.949. The van der Waals surface area contributed by atoms with Gasteiger partial charge in [0, 0.05) is 13.1 Å². The molecule has 0 radical (unpaired) electrons. The maximum absolute atomic E-state index is 11.1. The number of hydrogen-bond donors (Lipinski definition) is 3. The fraction of sp³-hybridized carbons (Fsp3) is 0.800. The number of amides is 4. The zero-order valence-electron chi connectivity index (χ0n) is 9.56. The highest BCUT2D eigenvalue weighted by Gasteiger charge is 2.04. The predicted molar refractivity (Wildman–Crippen MR) is 59.7 cm³/mol. The molecule has 0 aliphatic carbocycles. The summed E-state index contributed by atoms with van der Waals surface area (Å²) >= 11 is 0. The molecular formula is C10H21N3O2. The third-order valence-corrected chi connectivity index (χ3v) is 1.86. The van der Waals surface area contributed by atoms with Crippen LogP contribution in [0.3, 0.4) is 0 Å². The molecule has 0 unspecified atom stereocenters. The number of hydrogen-bond acceptors (Lipinski definition) is 2. The van der Waals surface area contributed by atoms with Crippen LogP contribution < -0.4 is 16.0 Å². The van der Waals surface area contributed by atoms with Gasteiger partial charge in [0.1, 0.15) is 0 Å². The van der Waals surface area contributed by atoms with Crippen molar-refractivity contribution in [1.29, 1.82) is 0 Å². The number of unbranched alkanes of at least 4 members (excludes halogenated alkanes) is 2. The Morgan fingerprint density at radius 2 is 1.27 bits per heavy atom. The van der Waals surface area contributed by atoms with Crippen LogP contribution in [0.2, 0.25) is 0 Å². The number of urea groups is 2. The number of carbonyl (C=O) groups excluding carboxylic acids is 2. The van der Waals surface area contributed by atoms with Gasteiger partial charge in [-0.15, -0.1) is 0 Å². The van der Waals surface area contributed by atoms with Gasteiger partial charge >= 0.3 is 12.1 Å². The minimum Gasteiger partial charge on any atom is -0.338 e. The molecule has 5 heteroatoms. The molecule has 0 spiro atoms. The van der Waals surface area contributed by atoms with Crippen molar-refractivity contribution >= 4 is 12.1 Å². The zero-order valence-corrected chi connectivity index (χ0v) is 9.56. The molecule has 0 aromatic heterocycles. The minimum absolute atomic E-state index is 0.433. The van der Waals surface area contributed by atoms with Crippen molar-refractivity contribution in [2.24, 2.45) is 0 Å². The molecule has 0 aromatic carbocycles. The maximum Gasteiger partial charge on any atom is 0.322 e. The van der Waals surface area contributed by atoms with E-state index in [1.807, 2.05) is 13.8 Å². The van der Waals surface area contributed by atoms with Crippen molar-refractivity contribution in [1.82, 2.24) is 16.0 Å². The van der Waals surface area contributed by atoms with Gasteiger partial charge in [-0.2, -0.15) is 0 Å². The molecule has 15 heavy (non-hydrogen) atoms. The van der Waals surface area contributed by atoms with Gasteiger partial charge in [0.05, 0.1) is 0 Å². The maximum atomic E-state index is 11.1. The third-order valence-electron chi connectivity index (χ3n) is 1.86. The molecule has 0 atom stereocenters. The Hall–Kier alpha value is -1.26. The first-order valence-electron chi connectivity index (χ1n) is 5.53. The summed E-state index contributed by atoms with van der Waals surface area (Å²) in [7, 11) is 0. The number of nitrogens with one attached hydrogen (secondary N) is 3. The third kappa shape index (κ3) is 9.05. The van der Waals surface area contributed by atoms with E-state index in [9.17, 15) is 9.59 Å². The molecule has 5 nitrogen and oxygen atoms in total. The van der Waals surface area contributed by atoms with E-state index in [1.54, 1.807) is 0 Å². The van der Waals surface area contributed by atoms with E-state index in [4.69, 9.17) is 0 Å². The first-order chi connectivity index (χ1) is 7.20. The van der Waals surface area contributed by atoms with Gasteiger partial charge in [0.15, 0.2) is 0 Å². The van der Waals surface area contributed by atoms with Crippen molar-refractivity contribution < 1.29 is 9.59 Å². The van der Waals surface area contributed by atoms with Crippen LogP contribution in [0, 0.1) is 0 Å². The summed E-state index contributed by atoms with van der Waals surface area (Å²) in [5.41, 5.74) is 0. The van der Waals surface area contributed by atoms with Crippen LogP contribution in [0.5, 0.6) is 0 Å². The van der Waals surface area contributed by atoms with Gasteiger partial charge in [0.25, 0.3) is 0 Å². The molecular weight excluding hydrogens is 194 g/mol. The van der Waals surface area contributed by atoms with Gasteiger partial charge in [-0.25, -0.2) is 9.59 Å². The highest BCUT2D eigenvalue weighted by molar-refractivity contribution is 5.93. The van der Waals surface area contributed by atoms with E-state index in [0.29, 0.717) is 13.1 Å². The molecule has 0 bridgehead atoms. The van der Waals surface area contributed by atoms with E-state index < -0.39 is 12.1 Å². The molecule has 88 valence electrons. The second-order valence-corrected chi connectivity index (χ2v) is 3.34. The van der Waals surface area contributed by atoms with Crippen LogP contribution in [0.15, 0.2) is 0 Å². The van der Waals surface area contributed by atoms with E-state index >= 15 is 0 Å². The average Bonchev–Trinajstić information content (AvgIpc) is 2.18. The van der Waals surface area contributed by atoms with Gasteiger partial charge in [-0.1, -0.05) is 26.7 Å². The predicted octanol–water partition coefficient (Wildman–Crippen LogP) is 1.60. The van der Waals surface area contributed by atoms with E-state index in [-0.39, 0.29) is 0 Å². The Morgan fingerprint density at radius 3 is 1.60 bits per heavy atom. The smallest absolute Gasteiger partial charge is 0.322 e. The summed E-state index contributed by atoms with van der Waals surface area (Å²) < 4.78 is 0. The molecule has 4 amide bonds. The van der Waals surface area contributed by atoms with Gasteiger partial charge in [-0.3, -0.25) is 5.32 Å². The lowest BCUT2D eigenvalue weighted by molar-refractivity contribution is 0.227. The molecule has 0 aliphatic rings. The van der Waals surface area contributed by atoms with Crippen LogP contribution >= 0.6 is 0 Å². The summed E-state index contributed by atoms with van der Waals surface area (Å²) in [6.07, 6.45) is 3.88. The van der Waals surface area contributed by atoms with Gasteiger partial charge in [0.2, 0.25) is 0 Å². The van der Waals surface area contributed by atoms with Crippen molar-refractivity contribution in [2.45, 2.75) is 39.5 Å². The zero-order chi connectivity index (χ0) is 11.5. The number of carbonyl (C=O) groups is 2. The van der Waals surface area contributed by atoms with E-state index in [0.717, 1.165) is 25.7 Å². The molecule has 0 fully saturated rings. The molecule has 0 aliphatic heterocycles. The molecule has 0 aromatic rings. The summed E-state index contributed by atoms with van der Waals surface area (Å²) in [6, 6.07) is -0.866. The monoisotopic (exact) mass is 215 g/mol. The Morgan fingerprint density at radius 1 is 0.867 bits per heavy atom. The van der Waals surface area contributed by atoms with E-state index in [2.05, 4.69) is 16.0 Å². The summed E-state index contributed by atoms with van der Waals surface area (Å²) in [6.45, 7) is 5.28. The molecule has 0 saturated carbocycles. The number of imide groups is 1. The van der Waals surface area contributed by atoms with Crippen molar-refractivity contribution in [3.63, 3.8) is 0 Å². The largest absolute Gasteiger partial charge is 0.338 e. The topological polar surface area (TPSA) is 70.2 Å². The Bertz CT molecular complexity index is 175. The Balaban J connectivity index is 3.45. The van der Waals surface area contributed by atoms with Crippen molar-refractivity contribution in [3.8, 4) is 0 Å². The molecule has 0 saturated heterocycles. The second kappa shape index (κ2) is 9.30. The van der Waals surface area contributed by atoms with Crippen LogP contribution in [0.4, 0.5) is 9.59 Å². The standard InChI is InChI=1S/C10H21N3O2/c1-3-5-7-11-9(14)13-10(15)12-8-6-4-2/h3-8H2,1-2H3,(H3,11,12,13,14,15). The second-order valence-electron chi connectivity index (χ2n) is 3.34. The quantitative estimate of drug-likeness (QED) is 0.589. The lowest BCUT2D eigenvalue weighted by Crippen LogP contribution is -2.45. The van der Waals surface area contributed by atoms with Crippen molar-refractivity contribution in [2.75, 3.05) is 13.1 Å². The molecule has 0 heterocycles. The van der Waals surface area contributed by atoms with Gasteiger partial charge < -0.3 is 10.6 Å². The van der Waals surface area contributed by atoms with Crippen LogP contribution in [0.25, 0.3) is 0 Å².